The van der Waals surface area contributed by atoms with Crippen molar-refractivity contribution in [1.82, 2.24) is 0 Å². The summed E-state index contributed by atoms with van der Waals surface area (Å²) in [6.45, 7) is 7.89. The summed E-state index contributed by atoms with van der Waals surface area (Å²) in [6, 6.07) is 4.71. The van der Waals surface area contributed by atoms with E-state index < -0.39 is 0 Å². The minimum atomic E-state index is 0.255. The van der Waals surface area contributed by atoms with Gasteiger partial charge in [0.1, 0.15) is 11.2 Å². The van der Waals surface area contributed by atoms with E-state index in [1.165, 1.54) is 46.5 Å². The van der Waals surface area contributed by atoms with Gasteiger partial charge < -0.3 is 0 Å². The van der Waals surface area contributed by atoms with Crippen molar-refractivity contribution in [2.75, 3.05) is 0 Å². The number of allylic oxidation sites excluding steroid dienone is 3. The zero-order valence-corrected chi connectivity index (χ0v) is 17.1. The van der Waals surface area contributed by atoms with E-state index in [1.807, 2.05) is 11.3 Å². The molecular weight excluding hydrogens is 346 g/mol. The Labute approximate surface area is 160 Å². The van der Waals surface area contributed by atoms with E-state index in [0.29, 0.717) is 0 Å². The van der Waals surface area contributed by atoms with Crippen LogP contribution in [-0.4, -0.2) is 0 Å². The second kappa shape index (κ2) is 6.55. The molecule has 2 aromatic rings. The molecule has 0 saturated heterocycles. The summed E-state index contributed by atoms with van der Waals surface area (Å²) in [5, 5.41) is 2.36. The van der Waals surface area contributed by atoms with Gasteiger partial charge in [-0.1, -0.05) is 42.9 Å². The molecule has 2 aliphatic rings. The fourth-order valence-corrected chi connectivity index (χ4v) is 6.35. The number of thiazole rings is 1. The highest BCUT2D eigenvalue weighted by Gasteiger charge is 2.27. The number of nitrogens with zero attached hydrogens (tertiary/aromatic N) is 1. The zero-order chi connectivity index (χ0) is 17.6. The molecule has 1 nitrogen and oxygen atoms in total. The van der Waals surface area contributed by atoms with E-state index in [0.717, 1.165) is 24.4 Å². The third-order valence-electron chi connectivity index (χ3n) is 5.52. The van der Waals surface area contributed by atoms with Crippen LogP contribution in [0.3, 0.4) is 0 Å². The summed E-state index contributed by atoms with van der Waals surface area (Å²) < 4.78 is 3.99. The van der Waals surface area contributed by atoms with Crippen LogP contribution in [0.15, 0.2) is 28.8 Å². The molecule has 0 saturated carbocycles. The Morgan fingerprint density at radius 2 is 2.00 bits per heavy atom. The first-order chi connectivity index (χ1) is 12.0. The zero-order valence-electron chi connectivity index (χ0n) is 15.5. The van der Waals surface area contributed by atoms with Gasteiger partial charge in [-0.05, 0) is 73.6 Å². The number of rotatable bonds is 2. The molecule has 0 atom stereocenters. The normalized spacial score (nSPS) is 21.4. The molecule has 0 spiro atoms. The minimum Gasteiger partial charge on any atom is -0.182 e. The van der Waals surface area contributed by atoms with Gasteiger partial charge in [-0.15, -0.1) is 0 Å². The predicted molar refractivity (Wildman–Crippen MR) is 109 cm³/mol. The first-order valence-electron chi connectivity index (χ1n) is 9.50. The standard InChI is InChI=1S/C22H27ClNS/c1-4-24-19-10-9-16-7-5-6-8-18(16)21(19)25-20(24)12-15-11-17(23)14-22(2,3)13-15/h9-12H,4-8,13-14H2,1-3H3/q+1/b15-12-. The Bertz CT molecular complexity index is 885. The smallest absolute Gasteiger partial charge is 0.182 e. The SMILES string of the molecule is CC[n+]1c(/C=C2/C=C(Cl)CC(C)(C)C2)sc2c3c(ccc21)CCCC3. The van der Waals surface area contributed by atoms with Crippen LogP contribution in [0.1, 0.15) is 62.6 Å². The lowest BCUT2D eigenvalue weighted by atomic mass is 9.78. The average Bonchev–Trinajstić information content (AvgIpc) is 2.90. The van der Waals surface area contributed by atoms with Gasteiger partial charge in [-0.3, -0.25) is 0 Å². The van der Waals surface area contributed by atoms with Crippen LogP contribution in [0.5, 0.6) is 0 Å². The first kappa shape index (κ1) is 17.3. The van der Waals surface area contributed by atoms with Gasteiger partial charge in [0, 0.05) is 17.2 Å². The van der Waals surface area contributed by atoms with E-state index >= 15 is 0 Å². The molecule has 1 aromatic heterocycles. The van der Waals surface area contributed by atoms with Crippen LogP contribution in [-0.2, 0) is 19.4 Å². The van der Waals surface area contributed by atoms with Crippen molar-refractivity contribution in [2.24, 2.45) is 5.41 Å². The topological polar surface area (TPSA) is 3.88 Å². The van der Waals surface area contributed by atoms with Gasteiger partial charge in [-0.25, -0.2) is 0 Å². The fraction of sp³-hybridized carbons (Fsp3) is 0.500. The third-order valence-corrected chi connectivity index (χ3v) is 6.97. The minimum absolute atomic E-state index is 0.255. The molecule has 0 radical (unpaired) electrons. The molecule has 4 rings (SSSR count). The maximum atomic E-state index is 6.43. The molecule has 1 aromatic carbocycles. The van der Waals surface area contributed by atoms with Crippen molar-refractivity contribution in [3.8, 4) is 0 Å². The van der Waals surface area contributed by atoms with Crippen molar-refractivity contribution in [3.63, 3.8) is 0 Å². The maximum absolute atomic E-state index is 6.43. The Morgan fingerprint density at radius 1 is 1.20 bits per heavy atom. The Hall–Kier alpha value is -1.12. The van der Waals surface area contributed by atoms with E-state index in [9.17, 15) is 0 Å². The molecule has 0 N–H and O–H groups in total. The van der Waals surface area contributed by atoms with Gasteiger partial charge in [0.25, 0.3) is 5.01 Å². The number of aromatic nitrogens is 1. The van der Waals surface area contributed by atoms with Gasteiger partial charge in [-0.2, -0.15) is 4.57 Å². The molecule has 0 bridgehead atoms. The van der Waals surface area contributed by atoms with Crippen molar-refractivity contribution >= 4 is 39.2 Å². The molecule has 132 valence electrons. The number of hydrogen-bond acceptors (Lipinski definition) is 1. The monoisotopic (exact) mass is 372 g/mol. The van der Waals surface area contributed by atoms with Gasteiger partial charge in [0.2, 0.25) is 5.52 Å². The van der Waals surface area contributed by atoms with Crippen molar-refractivity contribution in [1.29, 1.82) is 0 Å². The molecule has 0 unspecified atom stereocenters. The number of hydrogen-bond donors (Lipinski definition) is 0. The summed E-state index contributed by atoms with van der Waals surface area (Å²) in [6.07, 6.45) is 11.8. The largest absolute Gasteiger partial charge is 0.263 e. The van der Waals surface area contributed by atoms with Crippen molar-refractivity contribution in [3.05, 3.63) is 44.9 Å². The van der Waals surface area contributed by atoms with Gasteiger partial charge in [0.05, 0.1) is 0 Å². The van der Waals surface area contributed by atoms with Gasteiger partial charge >= 0.3 is 0 Å². The lowest BCUT2D eigenvalue weighted by Gasteiger charge is -2.28. The molecular formula is C22H27ClNS+. The maximum Gasteiger partial charge on any atom is 0.263 e. The Balaban J connectivity index is 1.85. The third kappa shape index (κ3) is 3.31. The molecule has 1 heterocycles. The van der Waals surface area contributed by atoms with Crippen LogP contribution < -0.4 is 4.57 Å². The summed E-state index contributed by atoms with van der Waals surface area (Å²) in [5.74, 6) is 0. The quantitative estimate of drug-likeness (QED) is 0.536. The molecule has 0 amide bonds. The molecule has 25 heavy (non-hydrogen) atoms. The van der Waals surface area contributed by atoms with E-state index in [2.05, 4.69) is 49.6 Å². The average molecular weight is 373 g/mol. The summed E-state index contributed by atoms with van der Waals surface area (Å²) in [5.41, 5.74) is 6.21. The van der Waals surface area contributed by atoms with Crippen LogP contribution >= 0.6 is 22.9 Å². The van der Waals surface area contributed by atoms with E-state index in [4.69, 9.17) is 11.6 Å². The number of aryl methyl sites for hydroxylation is 3. The molecule has 2 aliphatic carbocycles. The summed E-state index contributed by atoms with van der Waals surface area (Å²) >= 11 is 8.40. The number of fused-ring (bicyclic) bond motifs is 3. The fourth-order valence-electron chi connectivity index (χ4n) is 4.45. The predicted octanol–water partition coefficient (Wildman–Crippen LogP) is 6.41. The second-order valence-corrected chi connectivity index (χ2v) is 9.79. The lowest BCUT2D eigenvalue weighted by Crippen LogP contribution is -2.33. The highest BCUT2D eigenvalue weighted by molar-refractivity contribution is 7.19. The highest BCUT2D eigenvalue weighted by atomic mass is 35.5. The Morgan fingerprint density at radius 3 is 2.76 bits per heavy atom. The van der Waals surface area contributed by atoms with Crippen LogP contribution in [0.25, 0.3) is 16.3 Å². The van der Waals surface area contributed by atoms with Crippen LogP contribution in [0, 0.1) is 5.41 Å². The van der Waals surface area contributed by atoms with E-state index in [-0.39, 0.29) is 5.41 Å². The van der Waals surface area contributed by atoms with Gasteiger partial charge in [0.15, 0.2) is 0 Å². The summed E-state index contributed by atoms with van der Waals surface area (Å²) in [4.78, 5) is 0. The van der Waals surface area contributed by atoms with Crippen LogP contribution in [0.2, 0.25) is 0 Å². The molecule has 0 aliphatic heterocycles. The van der Waals surface area contributed by atoms with Crippen LogP contribution in [0.4, 0.5) is 0 Å². The highest BCUT2D eigenvalue weighted by Crippen LogP contribution is 2.40. The number of halogens is 1. The van der Waals surface area contributed by atoms with Crippen molar-refractivity contribution in [2.45, 2.75) is 65.8 Å². The first-order valence-corrected chi connectivity index (χ1v) is 10.7. The second-order valence-electron chi connectivity index (χ2n) is 8.27. The van der Waals surface area contributed by atoms with Crippen molar-refractivity contribution < 1.29 is 4.57 Å². The molecule has 3 heteroatoms. The Kier molecular flexibility index (Phi) is 4.54. The molecule has 0 fully saturated rings. The summed E-state index contributed by atoms with van der Waals surface area (Å²) in [7, 11) is 0. The number of benzene rings is 1. The van der Waals surface area contributed by atoms with E-state index in [1.54, 1.807) is 11.1 Å². The lowest BCUT2D eigenvalue weighted by molar-refractivity contribution is -0.665.